The number of likely N-dealkylation sites (N-methyl/N-ethyl adjacent to an activating group) is 1. The predicted octanol–water partition coefficient (Wildman–Crippen LogP) is 0.215. The molecule has 0 aliphatic carbocycles. The van der Waals surface area contributed by atoms with Crippen molar-refractivity contribution in [2.75, 3.05) is 27.2 Å². The van der Waals surface area contributed by atoms with Crippen LogP contribution in [0.25, 0.3) is 0 Å². The molecule has 0 N–H and O–H groups in total. The third-order valence-corrected chi connectivity index (χ3v) is 7.30. The van der Waals surface area contributed by atoms with Crippen LogP contribution in [0.2, 0.25) is 0 Å². The number of aromatic nitrogens is 1. The van der Waals surface area contributed by atoms with Gasteiger partial charge >= 0.3 is 0 Å². The van der Waals surface area contributed by atoms with Crippen LogP contribution >= 0.6 is 0 Å². The fourth-order valence-electron chi connectivity index (χ4n) is 3.70. The zero-order valence-corrected chi connectivity index (χ0v) is 15.5. The van der Waals surface area contributed by atoms with E-state index in [4.69, 9.17) is 4.52 Å². The first kappa shape index (κ1) is 17.4. The normalized spacial score (nSPS) is 28.7. The van der Waals surface area contributed by atoms with Crippen LogP contribution in [0.5, 0.6) is 0 Å². The fourth-order valence-corrected chi connectivity index (χ4v) is 5.62. The fraction of sp³-hybridized carbons (Fsp3) is 0.733. The Morgan fingerprint density at radius 3 is 2.46 bits per heavy atom. The predicted molar refractivity (Wildman–Crippen MR) is 86.9 cm³/mol. The molecule has 1 amide bonds. The molecule has 2 fully saturated rings. The highest BCUT2D eigenvalue weighted by molar-refractivity contribution is 7.89. The number of carbonyl (C=O) groups excluding carboxylic acids is 1. The average Bonchev–Trinajstić information content (AvgIpc) is 3.06. The van der Waals surface area contributed by atoms with Gasteiger partial charge in [-0.3, -0.25) is 4.79 Å². The first-order valence-corrected chi connectivity index (χ1v) is 9.50. The van der Waals surface area contributed by atoms with E-state index in [9.17, 15) is 13.2 Å². The zero-order valence-electron chi connectivity index (χ0n) is 14.7. The Hall–Kier alpha value is -1.45. The van der Waals surface area contributed by atoms with E-state index in [0.717, 1.165) is 6.42 Å². The first-order valence-electron chi connectivity index (χ1n) is 8.06. The van der Waals surface area contributed by atoms with Crippen LogP contribution in [0, 0.1) is 13.8 Å². The lowest BCUT2D eigenvalue weighted by Crippen LogP contribution is -2.60. The summed E-state index contributed by atoms with van der Waals surface area (Å²) in [5.74, 6) is 0.123. The summed E-state index contributed by atoms with van der Waals surface area (Å²) in [6, 6.07) is -0.551. The van der Waals surface area contributed by atoms with Crippen molar-refractivity contribution in [3.8, 4) is 0 Å². The van der Waals surface area contributed by atoms with Gasteiger partial charge in [0.1, 0.15) is 16.6 Å². The molecular formula is C15H24N4O4S. The van der Waals surface area contributed by atoms with Crippen LogP contribution in [0.4, 0.5) is 0 Å². The monoisotopic (exact) mass is 356 g/mol. The Bertz CT molecular complexity index is 738. The maximum atomic E-state index is 13.1. The maximum Gasteiger partial charge on any atom is 0.249 e. The molecule has 3 rings (SSSR count). The second-order valence-electron chi connectivity index (χ2n) is 6.90. The van der Waals surface area contributed by atoms with Crippen molar-refractivity contribution in [3.63, 3.8) is 0 Å². The highest BCUT2D eigenvalue weighted by Gasteiger charge is 2.48. The van der Waals surface area contributed by atoms with Gasteiger partial charge in [0.15, 0.2) is 5.76 Å². The van der Waals surface area contributed by atoms with Crippen molar-refractivity contribution < 1.29 is 17.7 Å². The van der Waals surface area contributed by atoms with E-state index in [1.807, 2.05) is 19.0 Å². The molecule has 24 heavy (non-hydrogen) atoms. The molecule has 0 spiro atoms. The van der Waals surface area contributed by atoms with Gasteiger partial charge < -0.3 is 14.3 Å². The minimum atomic E-state index is -3.82. The topological polar surface area (TPSA) is 87.0 Å². The van der Waals surface area contributed by atoms with Crippen LogP contribution in [-0.2, 0) is 14.8 Å². The van der Waals surface area contributed by atoms with Crippen molar-refractivity contribution in [1.29, 1.82) is 0 Å². The molecule has 1 aromatic heterocycles. The van der Waals surface area contributed by atoms with Crippen LogP contribution in [-0.4, -0.2) is 78.9 Å². The third kappa shape index (κ3) is 2.55. The number of hydrogen-bond donors (Lipinski definition) is 0. The summed E-state index contributed by atoms with van der Waals surface area (Å²) in [6.07, 6.45) is 0.777. The van der Waals surface area contributed by atoms with Gasteiger partial charge in [0.25, 0.3) is 0 Å². The molecule has 3 heterocycles. The highest BCUT2D eigenvalue weighted by Crippen LogP contribution is 2.32. The summed E-state index contributed by atoms with van der Waals surface area (Å²) in [4.78, 5) is 16.7. The number of carbonyl (C=O) groups is 1. The molecular weight excluding hydrogens is 332 g/mol. The lowest BCUT2D eigenvalue weighted by molar-refractivity contribution is -0.139. The van der Waals surface area contributed by atoms with Gasteiger partial charge in [0.2, 0.25) is 15.9 Å². The van der Waals surface area contributed by atoms with E-state index in [-0.39, 0.29) is 28.6 Å². The van der Waals surface area contributed by atoms with Crippen molar-refractivity contribution in [3.05, 3.63) is 11.5 Å². The van der Waals surface area contributed by atoms with Gasteiger partial charge in [0.05, 0.1) is 0 Å². The van der Waals surface area contributed by atoms with E-state index in [0.29, 0.717) is 18.8 Å². The molecule has 2 saturated heterocycles. The molecule has 0 saturated carbocycles. The van der Waals surface area contributed by atoms with Crippen molar-refractivity contribution >= 4 is 15.9 Å². The number of hydrogen-bond acceptors (Lipinski definition) is 6. The minimum absolute atomic E-state index is 0.0813. The average molecular weight is 356 g/mol. The van der Waals surface area contributed by atoms with Crippen LogP contribution < -0.4 is 0 Å². The van der Waals surface area contributed by atoms with Gasteiger partial charge in [-0.1, -0.05) is 5.16 Å². The Morgan fingerprint density at radius 1 is 1.25 bits per heavy atom. The number of rotatable bonds is 3. The standard InChI is InChI=1S/C15H24N4O4S/c1-9-14(11(3)23-16-9)24(21,22)19-8-13-6-12(17(4)5)7-18(13)15(20)10(19)2/h10,12-13H,6-8H2,1-5H3/t10-,12-,13-/m0/s1. The maximum absolute atomic E-state index is 13.1. The SMILES string of the molecule is Cc1noc(C)c1S(=O)(=O)N1C[C@@H]2C[C@H](N(C)C)CN2C(=O)[C@@H]1C. The number of nitrogens with zero attached hydrogens (tertiary/aromatic N) is 4. The Balaban J connectivity index is 1.94. The van der Waals surface area contributed by atoms with Gasteiger partial charge in [-0.05, 0) is 41.3 Å². The molecule has 0 unspecified atom stereocenters. The smallest absolute Gasteiger partial charge is 0.249 e. The molecule has 0 bridgehead atoms. The lowest BCUT2D eigenvalue weighted by Gasteiger charge is -2.40. The molecule has 134 valence electrons. The molecule has 8 nitrogen and oxygen atoms in total. The van der Waals surface area contributed by atoms with Crippen LogP contribution in [0.3, 0.4) is 0 Å². The quantitative estimate of drug-likeness (QED) is 0.770. The van der Waals surface area contributed by atoms with E-state index >= 15 is 0 Å². The molecule has 9 heteroatoms. The molecule has 3 atom stereocenters. The summed E-state index contributed by atoms with van der Waals surface area (Å²) < 4.78 is 32.5. The summed E-state index contributed by atoms with van der Waals surface area (Å²) in [5, 5.41) is 3.74. The summed E-state index contributed by atoms with van der Waals surface area (Å²) >= 11 is 0. The van der Waals surface area contributed by atoms with Crippen LogP contribution in [0.1, 0.15) is 24.8 Å². The Kier molecular flexibility index (Phi) is 4.21. The zero-order chi connectivity index (χ0) is 17.8. The summed E-state index contributed by atoms with van der Waals surface area (Å²) in [7, 11) is 0.141. The van der Waals surface area contributed by atoms with Gasteiger partial charge in [-0.15, -0.1) is 0 Å². The number of aryl methyl sites for hydroxylation is 2. The number of sulfonamides is 1. The second kappa shape index (κ2) is 5.82. The summed E-state index contributed by atoms with van der Waals surface area (Å²) in [5.41, 5.74) is 0.326. The van der Waals surface area contributed by atoms with E-state index < -0.39 is 16.1 Å². The van der Waals surface area contributed by atoms with Crippen molar-refractivity contribution in [2.45, 2.75) is 50.2 Å². The molecule has 2 aliphatic rings. The van der Waals surface area contributed by atoms with Gasteiger partial charge in [-0.2, -0.15) is 4.31 Å². The van der Waals surface area contributed by atoms with E-state index in [1.54, 1.807) is 20.8 Å². The molecule has 2 aliphatic heterocycles. The number of fused-ring (bicyclic) bond motifs is 1. The lowest BCUT2D eigenvalue weighted by atomic mass is 10.1. The largest absolute Gasteiger partial charge is 0.360 e. The third-order valence-electron chi connectivity index (χ3n) is 5.12. The number of amides is 1. The van der Waals surface area contributed by atoms with Gasteiger partial charge in [-0.25, -0.2) is 8.42 Å². The highest BCUT2D eigenvalue weighted by atomic mass is 32.2. The van der Waals surface area contributed by atoms with Gasteiger partial charge in [0, 0.05) is 25.2 Å². The minimum Gasteiger partial charge on any atom is -0.360 e. The van der Waals surface area contributed by atoms with Crippen molar-refractivity contribution in [2.24, 2.45) is 0 Å². The molecule has 0 radical (unpaired) electrons. The molecule has 1 aromatic rings. The van der Waals surface area contributed by atoms with E-state index in [2.05, 4.69) is 10.1 Å². The molecule has 0 aromatic carbocycles. The van der Waals surface area contributed by atoms with Crippen LogP contribution in [0.15, 0.2) is 9.42 Å². The van der Waals surface area contributed by atoms with E-state index in [1.165, 1.54) is 4.31 Å². The Labute approximate surface area is 142 Å². The second-order valence-corrected chi connectivity index (χ2v) is 8.73. The van der Waals surface area contributed by atoms with Crippen molar-refractivity contribution in [1.82, 2.24) is 19.3 Å². The Morgan fingerprint density at radius 2 is 1.92 bits per heavy atom. The summed E-state index contributed by atoms with van der Waals surface area (Å²) in [6.45, 7) is 5.79. The number of piperazine rings is 1. The first-order chi connectivity index (χ1) is 11.1.